The summed E-state index contributed by atoms with van der Waals surface area (Å²) in [6.07, 6.45) is -2.18. The molecule has 0 unspecified atom stereocenters. The Bertz CT molecular complexity index is 411. The molecule has 5 atom stereocenters. The number of esters is 1. The Balaban J connectivity index is 2.28. The first-order valence-corrected chi connectivity index (χ1v) is 6.48. The average molecular weight is 289 g/mol. The predicted molar refractivity (Wildman–Crippen MR) is 65.3 cm³/mol. The quantitative estimate of drug-likeness (QED) is 0.441. The minimum atomic E-state index is -0.934. The maximum absolute atomic E-state index is 11.8. The molecule has 8 nitrogen and oxygen atoms in total. The lowest BCUT2D eigenvalue weighted by Crippen LogP contribution is -2.53. The van der Waals surface area contributed by atoms with Gasteiger partial charge in [0.2, 0.25) is 6.54 Å². The monoisotopic (exact) mass is 289 g/mol. The first-order valence-electron chi connectivity index (χ1n) is 6.48. The number of carbonyl (C=O) groups excluding carboxylic acids is 1. The number of nitro groups is 1. The van der Waals surface area contributed by atoms with Crippen LogP contribution in [0.15, 0.2) is 0 Å². The van der Waals surface area contributed by atoms with Crippen LogP contribution in [-0.4, -0.2) is 53.8 Å². The minimum Gasteiger partial charge on any atom is -0.469 e. The van der Waals surface area contributed by atoms with Crippen LogP contribution < -0.4 is 0 Å². The van der Waals surface area contributed by atoms with E-state index in [1.165, 1.54) is 7.11 Å². The Labute approximate surface area is 116 Å². The number of methoxy groups -OCH3 is 1. The molecule has 8 heteroatoms. The summed E-state index contributed by atoms with van der Waals surface area (Å²) in [6, 6.07) is 0. The van der Waals surface area contributed by atoms with Gasteiger partial charge in [-0.15, -0.1) is 0 Å². The first kappa shape index (κ1) is 15.1. The lowest BCUT2D eigenvalue weighted by molar-refractivity contribution is -0.493. The van der Waals surface area contributed by atoms with Gasteiger partial charge in [0.05, 0.1) is 31.2 Å². The Hall–Kier alpha value is -1.25. The Morgan fingerprint density at radius 2 is 2.05 bits per heavy atom. The molecule has 2 aliphatic rings. The normalized spacial score (nSPS) is 39.1. The molecular formula is C12H19NO7. The van der Waals surface area contributed by atoms with Crippen molar-refractivity contribution in [3.05, 3.63) is 10.1 Å². The molecule has 0 bridgehead atoms. The fourth-order valence-corrected chi connectivity index (χ4v) is 3.07. The summed E-state index contributed by atoms with van der Waals surface area (Å²) < 4.78 is 15.9. The lowest BCUT2D eigenvalue weighted by atomic mass is 9.74. The second-order valence-corrected chi connectivity index (χ2v) is 5.68. The highest BCUT2D eigenvalue weighted by molar-refractivity contribution is 5.73. The molecular weight excluding hydrogens is 270 g/mol. The number of hydrogen-bond donors (Lipinski definition) is 1. The van der Waals surface area contributed by atoms with Gasteiger partial charge >= 0.3 is 5.97 Å². The van der Waals surface area contributed by atoms with Gasteiger partial charge in [-0.1, -0.05) is 0 Å². The molecule has 0 aromatic rings. The van der Waals surface area contributed by atoms with E-state index < -0.39 is 53.4 Å². The maximum atomic E-state index is 11.8. The van der Waals surface area contributed by atoms with Gasteiger partial charge in [0.15, 0.2) is 5.79 Å². The molecule has 0 aromatic heterocycles. The van der Waals surface area contributed by atoms with Crippen molar-refractivity contribution < 1.29 is 29.0 Å². The minimum absolute atomic E-state index is 0.0752. The van der Waals surface area contributed by atoms with Crippen LogP contribution in [0.25, 0.3) is 0 Å². The van der Waals surface area contributed by atoms with Crippen LogP contribution in [0, 0.1) is 22.0 Å². The average Bonchev–Trinajstić information content (AvgIpc) is 2.67. The van der Waals surface area contributed by atoms with Crippen molar-refractivity contribution in [1.82, 2.24) is 0 Å². The molecule has 0 radical (unpaired) electrons. The Morgan fingerprint density at radius 1 is 1.45 bits per heavy atom. The molecule has 0 aromatic carbocycles. The molecule has 1 saturated carbocycles. The molecule has 20 heavy (non-hydrogen) atoms. The summed E-state index contributed by atoms with van der Waals surface area (Å²) in [7, 11) is 1.22. The number of nitrogens with zero attached hydrogens (tertiary/aromatic N) is 1. The number of hydrogen-bond acceptors (Lipinski definition) is 7. The number of carbonyl (C=O) groups is 1. The van der Waals surface area contributed by atoms with E-state index in [0.717, 1.165) is 0 Å². The Morgan fingerprint density at radius 3 is 2.60 bits per heavy atom. The van der Waals surface area contributed by atoms with Crippen LogP contribution >= 0.6 is 0 Å². The largest absolute Gasteiger partial charge is 0.469 e. The molecule has 0 amide bonds. The molecule has 2 fully saturated rings. The second kappa shape index (κ2) is 5.27. The van der Waals surface area contributed by atoms with Crippen LogP contribution in [0.1, 0.15) is 20.3 Å². The third kappa shape index (κ3) is 2.77. The summed E-state index contributed by atoms with van der Waals surface area (Å²) >= 11 is 0. The van der Waals surface area contributed by atoms with Gasteiger partial charge in [-0.25, -0.2) is 0 Å². The fourth-order valence-electron chi connectivity index (χ4n) is 3.07. The van der Waals surface area contributed by atoms with E-state index in [1.54, 1.807) is 13.8 Å². The van der Waals surface area contributed by atoms with Crippen LogP contribution in [0.3, 0.4) is 0 Å². The Kier molecular flexibility index (Phi) is 3.99. The fraction of sp³-hybridized carbons (Fsp3) is 0.917. The summed E-state index contributed by atoms with van der Waals surface area (Å²) in [6.45, 7) is 2.93. The molecule has 114 valence electrons. The van der Waals surface area contributed by atoms with E-state index in [9.17, 15) is 20.0 Å². The number of rotatable bonds is 3. The zero-order valence-electron chi connectivity index (χ0n) is 11.6. The highest BCUT2D eigenvalue weighted by atomic mass is 16.8. The number of aliphatic hydroxyl groups is 1. The third-order valence-corrected chi connectivity index (χ3v) is 3.84. The zero-order chi connectivity index (χ0) is 15.1. The van der Waals surface area contributed by atoms with Gasteiger partial charge < -0.3 is 19.3 Å². The number of aliphatic hydroxyl groups excluding tert-OH is 1. The summed E-state index contributed by atoms with van der Waals surface area (Å²) in [5, 5.41) is 20.9. The van der Waals surface area contributed by atoms with Crippen molar-refractivity contribution in [2.45, 2.75) is 44.4 Å². The van der Waals surface area contributed by atoms with Gasteiger partial charge in [0.25, 0.3) is 0 Å². The van der Waals surface area contributed by atoms with E-state index in [1.807, 2.05) is 0 Å². The number of fused-ring (bicyclic) bond motifs is 1. The second-order valence-electron chi connectivity index (χ2n) is 5.68. The van der Waals surface area contributed by atoms with E-state index in [-0.39, 0.29) is 6.42 Å². The van der Waals surface area contributed by atoms with Gasteiger partial charge in [-0.2, -0.15) is 0 Å². The lowest BCUT2D eigenvalue weighted by Gasteiger charge is -2.37. The molecule has 2 rings (SSSR count). The van der Waals surface area contributed by atoms with Crippen molar-refractivity contribution in [1.29, 1.82) is 0 Å². The molecule has 1 heterocycles. The number of ether oxygens (including phenoxy) is 3. The van der Waals surface area contributed by atoms with E-state index in [2.05, 4.69) is 4.74 Å². The van der Waals surface area contributed by atoms with Crippen molar-refractivity contribution >= 4 is 5.97 Å². The first-order chi connectivity index (χ1) is 9.25. The van der Waals surface area contributed by atoms with Crippen molar-refractivity contribution in [2.24, 2.45) is 11.8 Å². The van der Waals surface area contributed by atoms with Crippen LogP contribution in [0.4, 0.5) is 0 Å². The van der Waals surface area contributed by atoms with Crippen molar-refractivity contribution in [2.75, 3.05) is 13.7 Å². The van der Waals surface area contributed by atoms with Gasteiger partial charge in [0, 0.05) is 4.92 Å². The van der Waals surface area contributed by atoms with Crippen LogP contribution in [0.2, 0.25) is 0 Å². The van der Waals surface area contributed by atoms with Crippen LogP contribution in [-0.2, 0) is 19.0 Å². The summed E-state index contributed by atoms with van der Waals surface area (Å²) in [4.78, 5) is 22.2. The molecule has 1 saturated heterocycles. The predicted octanol–water partition coefficient (Wildman–Crippen LogP) is -0.0468. The topological polar surface area (TPSA) is 108 Å². The van der Waals surface area contributed by atoms with Gasteiger partial charge in [0.1, 0.15) is 6.10 Å². The highest BCUT2D eigenvalue weighted by Crippen LogP contribution is 2.43. The van der Waals surface area contributed by atoms with E-state index in [0.29, 0.717) is 0 Å². The molecule has 1 N–H and O–H groups in total. The maximum Gasteiger partial charge on any atom is 0.309 e. The molecule has 0 spiro atoms. The SMILES string of the molecule is COC(=O)[C@@H]1C[C@@H](O)[C@@H]2OC(C)(C)O[C@@H]2[C@H]1C[N+](=O)[O-]. The smallest absolute Gasteiger partial charge is 0.309 e. The standard InChI is InChI=1S/C12H19NO7/c1-12(2)19-9-7(5-13(16)17)6(11(15)18-3)4-8(14)10(9)20-12/h6-10,14H,4-5H2,1-3H3/t6-,7+,8-,9-,10+/m1/s1. The van der Waals surface area contributed by atoms with E-state index >= 15 is 0 Å². The van der Waals surface area contributed by atoms with Crippen LogP contribution in [0.5, 0.6) is 0 Å². The third-order valence-electron chi connectivity index (χ3n) is 3.84. The molecule has 1 aliphatic carbocycles. The van der Waals surface area contributed by atoms with Crippen molar-refractivity contribution in [3.8, 4) is 0 Å². The summed E-state index contributed by atoms with van der Waals surface area (Å²) in [5.74, 6) is -2.94. The summed E-state index contributed by atoms with van der Waals surface area (Å²) in [5.41, 5.74) is 0. The zero-order valence-corrected chi connectivity index (χ0v) is 11.6. The molecule has 1 aliphatic heterocycles. The van der Waals surface area contributed by atoms with Gasteiger partial charge in [-0.3, -0.25) is 14.9 Å². The van der Waals surface area contributed by atoms with E-state index in [4.69, 9.17) is 9.47 Å². The highest BCUT2D eigenvalue weighted by Gasteiger charge is 2.57. The van der Waals surface area contributed by atoms with Crippen molar-refractivity contribution in [3.63, 3.8) is 0 Å². The van der Waals surface area contributed by atoms with Gasteiger partial charge in [-0.05, 0) is 20.3 Å².